The minimum absolute atomic E-state index is 0.152. The molecule has 2 aliphatic rings. The minimum atomic E-state index is -1.01. The summed E-state index contributed by atoms with van der Waals surface area (Å²) in [5.74, 6) is -1.85. The number of ether oxygens (including phenoxy) is 3. The fraction of sp³-hybridized carbons (Fsp3) is 0.409. The number of nitrogens with one attached hydrogen (secondary N) is 1. The van der Waals surface area contributed by atoms with Crippen molar-refractivity contribution >= 4 is 11.7 Å². The monoisotopic (exact) mass is 382 g/mol. The van der Waals surface area contributed by atoms with Crippen molar-refractivity contribution in [2.75, 3.05) is 38.3 Å². The number of nitrogens with zero attached hydrogens (tertiary/aromatic N) is 1. The van der Waals surface area contributed by atoms with Gasteiger partial charge in [0, 0.05) is 25.8 Å². The van der Waals surface area contributed by atoms with Gasteiger partial charge in [-0.15, -0.1) is 0 Å². The lowest BCUT2D eigenvalue weighted by molar-refractivity contribution is -0.226. The first-order valence-corrected chi connectivity index (χ1v) is 9.68. The second-order valence-electron chi connectivity index (χ2n) is 7.18. The lowest BCUT2D eigenvalue weighted by atomic mass is 9.86. The average Bonchev–Trinajstić information content (AvgIpc) is 3.22. The van der Waals surface area contributed by atoms with E-state index in [2.05, 4.69) is 10.2 Å². The Morgan fingerprint density at radius 2 is 1.71 bits per heavy atom. The molecule has 2 aromatic carbocycles. The summed E-state index contributed by atoms with van der Waals surface area (Å²) in [5, 5.41) is 3.36. The van der Waals surface area contributed by atoms with Crippen molar-refractivity contribution in [1.29, 1.82) is 0 Å². The van der Waals surface area contributed by atoms with Crippen LogP contribution in [0.3, 0.4) is 0 Å². The SMILES string of the molecule is CN(c1ccccc1)C1CNCC(C(=O)OCc2ccccc2)C12OCCO2. The van der Waals surface area contributed by atoms with E-state index in [9.17, 15) is 4.79 Å². The molecule has 2 fully saturated rings. The highest BCUT2D eigenvalue weighted by Gasteiger charge is 2.57. The van der Waals surface area contributed by atoms with Crippen LogP contribution in [-0.4, -0.2) is 51.1 Å². The molecule has 2 atom stereocenters. The van der Waals surface area contributed by atoms with Crippen molar-refractivity contribution in [3.63, 3.8) is 0 Å². The molecule has 6 nitrogen and oxygen atoms in total. The molecule has 2 unspecified atom stereocenters. The largest absolute Gasteiger partial charge is 0.460 e. The molecule has 0 bridgehead atoms. The Balaban J connectivity index is 1.54. The standard InChI is InChI=1S/C22H26N2O4/c1-24(18-10-6-3-7-11-18)20-15-23-14-19(22(20)27-12-13-28-22)21(25)26-16-17-8-4-2-5-9-17/h2-11,19-20,23H,12-16H2,1H3. The number of piperidine rings is 1. The van der Waals surface area contributed by atoms with E-state index in [4.69, 9.17) is 14.2 Å². The number of likely N-dealkylation sites (N-methyl/N-ethyl adjacent to an activating group) is 1. The fourth-order valence-corrected chi connectivity index (χ4v) is 4.05. The molecule has 2 heterocycles. The van der Waals surface area contributed by atoms with Crippen LogP contribution in [0.4, 0.5) is 5.69 Å². The highest BCUT2D eigenvalue weighted by molar-refractivity contribution is 5.75. The van der Waals surface area contributed by atoms with Gasteiger partial charge >= 0.3 is 5.97 Å². The Morgan fingerprint density at radius 1 is 1.07 bits per heavy atom. The van der Waals surface area contributed by atoms with E-state index < -0.39 is 11.7 Å². The molecule has 4 rings (SSSR count). The smallest absolute Gasteiger partial charge is 0.316 e. The Labute approximate surface area is 165 Å². The van der Waals surface area contributed by atoms with Gasteiger partial charge in [0.1, 0.15) is 12.5 Å². The first-order chi connectivity index (χ1) is 13.7. The summed E-state index contributed by atoms with van der Waals surface area (Å²) in [6.45, 7) is 2.31. The first kappa shape index (κ1) is 18.9. The van der Waals surface area contributed by atoms with Crippen LogP contribution in [0.15, 0.2) is 60.7 Å². The molecule has 1 N–H and O–H groups in total. The van der Waals surface area contributed by atoms with E-state index in [1.54, 1.807) is 0 Å². The lowest BCUT2D eigenvalue weighted by Gasteiger charge is -2.48. The number of esters is 1. The summed E-state index contributed by atoms with van der Waals surface area (Å²) < 4.78 is 17.9. The topological polar surface area (TPSA) is 60.0 Å². The van der Waals surface area contributed by atoms with Gasteiger partial charge in [0.2, 0.25) is 5.79 Å². The summed E-state index contributed by atoms with van der Waals surface area (Å²) in [7, 11) is 2.01. The van der Waals surface area contributed by atoms with Crippen molar-refractivity contribution in [2.24, 2.45) is 5.92 Å². The van der Waals surface area contributed by atoms with Gasteiger partial charge in [-0.2, -0.15) is 0 Å². The van der Waals surface area contributed by atoms with Crippen LogP contribution in [0.5, 0.6) is 0 Å². The Hall–Kier alpha value is -2.41. The van der Waals surface area contributed by atoms with E-state index in [1.807, 2.05) is 67.7 Å². The van der Waals surface area contributed by atoms with Crippen molar-refractivity contribution in [3.8, 4) is 0 Å². The van der Waals surface area contributed by atoms with Crippen LogP contribution in [0.2, 0.25) is 0 Å². The second-order valence-corrected chi connectivity index (χ2v) is 7.18. The molecule has 28 heavy (non-hydrogen) atoms. The number of hydrogen-bond donors (Lipinski definition) is 1. The maximum absolute atomic E-state index is 13.0. The molecule has 148 valence electrons. The summed E-state index contributed by atoms with van der Waals surface area (Å²) in [4.78, 5) is 15.1. The zero-order valence-corrected chi connectivity index (χ0v) is 16.0. The summed E-state index contributed by atoms with van der Waals surface area (Å²) in [6, 6.07) is 19.6. The van der Waals surface area contributed by atoms with Crippen LogP contribution >= 0.6 is 0 Å². The molecular weight excluding hydrogens is 356 g/mol. The molecule has 2 saturated heterocycles. The van der Waals surface area contributed by atoms with Crippen LogP contribution < -0.4 is 10.2 Å². The van der Waals surface area contributed by atoms with E-state index in [1.165, 1.54) is 0 Å². The number of para-hydroxylation sites is 1. The van der Waals surface area contributed by atoms with E-state index >= 15 is 0 Å². The van der Waals surface area contributed by atoms with Gasteiger partial charge in [0.05, 0.1) is 19.3 Å². The highest BCUT2D eigenvalue weighted by Crippen LogP contribution is 2.38. The molecule has 0 saturated carbocycles. The number of hydrogen-bond acceptors (Lipinski definition) is 6. The van der Waals surface area contributed by atoms with Crippen molar-refractivity contribution in [3.05, 3.63) is 66.2 Å². The molecule has 0 aliphatic carbocycles. The summed E-state index contributed by atoms with van der Waals surface area (Å²) in [6.07, 6.45) is 0. The lowest BCUT2D eigenvalue weighted by Crippen LogP contribution is -2.68. The quantitative estimate of drug-likeness (QED) is 0.800. The number of carbonyl (C=O) groups is 1. The third kappa shape index (κ3) is 3.63. The van der Waals surface area contributed by atoms with Crippen LogP contribution in [0, 0.1) is 5.92 Å². The fourth-order valence-electron chi connectivity index (χ4n) is 4.05. The highest BCUT2D eigenvalue weighted by atomic mass is 16.7. The van der Waals surface area contributed by atoms with Gasteiger partial charge in [-0.05, 0) is 17.7 Å². The van der Waals surface area contributed by atoms with Gasteiger partial charge in [-0.1, -0.05) is 48.5 Å². The van der Waals surface area contributed by atoms with E-state index in [-0.39, 0.29) is 18.6 Å². The molecule has 0 amide bonds. The molecule has 0 radical (unpaired) electrons. The molecule has 6 heteroatoms. The van der Waals surface area contributed by atoms with E-state index in [0.29, 0.717) is 26.3 Å². The summed E-state index contributed by atoms with van der Waals surface area (Å²) >= 11 is 0. The van der Waals surface area contributed by atoms with Crippen molar-refractivity contribution in [1.82, 2.24) is 5.32 Å². The van der Waals surface area contributed by atoms with Crippen LogP contribution in [0.25, 0.3) is 0 Å². The molecule has 0 aromatic heterocycles. The van der Waals surface area contributed by atoms with Gasteiger partial charge < -0.3 is 24.4 Å². The molecule has 1 spiro atoms. The number of rotatable bonds is 5. The van der Waals surface area contributed by atoms with Gasteiger partial charge in [0.25, 0.3) is 0 Å². The molecule has 2 aliphatic heterocycles. The Kier molecular flexibility index (Phi) is 5.62. The summed E-state index contributed by atoms with van der Waals surface area (Å²) in [5.41, 5.74) is 2.01. The minimum Gasteiger partial charge on any atom is -0.460 e. The molecular formula is C22H26N2O4. The predicted molar refractivity (Wildman–Crippen MR) is 106 cm³/mol. The molecule has 2 aromatic rings. The maximum Gasteiger partial charge on any atom is 0.316 e. The number of benzene rings is 2. The third-order valence-electron chi connectivity index (χ3n) is 5.51. The zero-order valence-electron chi connectivity index (χ0n) is 16.0. The predicted octanol–water partition coefficient (Wildman–Crippen LogP) is 2.20. The van der Waals surface area contributed by atoms with Crippen molar-refractivity contribution < 1.29 is 19.0 Å². The Bertz CT molecular complexity index is 778. The van der Waals surface area contributed by atoms with Gasteiger partial charge in [-0.3, -0.25) is 4.79 Å². The average molecular weight is 382 g/mol. The van der Waals surface area contributed by atoms with E-state index in [0.717, 1.165) is 11.3 Å². The zero-order chi connectivity index (χ0) is 19.4. The maximum atomic E-state index is 13.0. The van der Waals surface area contributed by atoms with Crippen LogP contribution in [0.1, 0.15) is 5.56 Å². The number of anilines is 1. The second kappa shape index (κ2) is 8.31. The van der Waals surface area contributed by atoms with Crippen molar-refractivity contribution in [2.45, 2.75) is 18.4 Å². The van der Waals surface area contributed by atoms with Gasteiger partial charge in [0.15, 0.2) is 0 Å². The normalized spacial score (nSPS) is 23.5. The first-order valence-electron chi connectivity index (χ1n) is 9.68. The number of carbonyl (C=O) groups excluding carboxylic acids is 1. The van der Waals surface area contributed by atoms with Gasteiger partial charge in [-0.25, -0.2) is 0 Å². The Morgan fingerprint density at radius 3 is 2.39 bits per heavy atom. The van der Waals surface area contributed by atoms with Crippen LogP contribution in [-0.2, 0) is 25.6 Å². The third-order valence-corrected chi connectivity index (χ3v) is 5.51.